The minimum Gasteiger partial charge on any atom is -0.416 e. The van der Waals surface area contributed by atoms with E-state index in [0.29, 0.717) is 13.2 Å². The molecule has 0 amide bonds. The Kier molecular flexibility index (Phi) is 10.5. The molecule has 202 valence electrons. The Balaban J connectivity index is 3.16. The minimum absolute atomic E-state index is 0.0132. The molecule has 0 spiro atoms. The first-order valence-corrected chi connectivity index (χ1v) is 18.8. The van der Waals surface area contributed by atoms with Crippen LogP contribution in [0.1, 0.15) is 62.3 Å². The van der Waals surface area contributed by atoms with Crippen molar-refractivity contribution in [3.8, 4) is 0 Å². The van der Waals surface area contributed by atoms with E-state index in [1.54, 1.807) is 0 Å². The molecule has 2 N–H and O–H groups in total. The van der Waals surface area contributed by atoms with Crippen molar-refractivity contribution in [2.24, 2.45) is 23.7 Å². The van der Waals surface area contributed by atoms with Crippen LogP contribution in [-0.4, -0.2) is 64.5 Å². The van der Waals surface area contributed by atoms with Crippen LogP contribution in [0.2, 0.25) is 36.3 Å². The first-order valence-electron chi connectivity index (χ1n) is 13.0. The Morgan fingerprint density at radius 3 is 1.79 bits per heavy atom. The van der Waals surface area contributed by atoms with Gasteiger partial charge in [0.25, 0.3) is 0 Å². The van der Waals surface area contributed by atoms with Gasteiger partial charge in [-0.15, -0.1) is 6.58 Å². The predicted octanol–water partition coefficient (Wildman–Crippen LogP) is 6.23. The van der Waals surface area contributed by atoms with E-state index >= 15 is 0 Å². The normalized spacial score (nSPS) is 26.5. The molecule has 0 aromatic heterocycles. The molecule has 1 rings (SSSR count). The molecular formula is C27H56O5Si2. The standard InChI is InChI=1S/C27H56O5Si2/c1-15-21(17-30-33(11,12)25(4,5)6)23(29)22(18-31-34(13,14)26(7,8)9)20(3)27(10)24(32-27)19(2)16-28/h15,19-24,28-29H,1,16-18H2,2-14H3/t19-,20-,21-,22+,23+,24+,27-/m0/s1. The number of aliphatic hydroxyl groups is 2. The fourth-order valence-corrected chi connectivity index (χ4v) is 6.10. The van der Waals surface area contributed by atoms with Gasteiger partial charge in [-0.3, -0.25) is 0 Å². The molecule has 1 aliphatic rings. The molecule has 0 bridgehead atoms. The lowest BCUT2D eigenvalue weighted by Crippen LogP contribution is -2.48. The van der Waals surface area contributed by atoms with Gasteiger partial charge in [-0.05, 0) is 49.1 Å². The monoisotopic (exact) mass is 516 g/mol. The van der Waals surface area contributed by atoms with Crippen molar-refractivity contribution in [2.45, 2.75) is 116 Å². The molecule has 0 saturated carbocycles. The summed E-state index contributed by atoms with van der Waals surface area (Å²) in [6.45, 7) is 33.7. The van der Waals surface area contributed by atoms with E-state index in [1.807, 2.05) is 13.0 Å². The first-order chi connectivity index (χ1) is 15.2. The molecule has 1 saturated heterocycles. The molecule has 1 aliphatic heterocycles. The number of rotatable bonds is 13. The molecule has 0 aromatic carbocycles. The Morgan fingerprint density at radius 1 is 0.971 bits per heavy atom. The third kappa shape index (κ3) is 7.27. The lowest BCUT2D eigenvalue weighted by atomic mass is 9.75. The van der Waals surface area contributed by atoms with Crippen LogP contribution in [0.3, 0.4) is 0 Å². The molecule has 0 radical (unpaired) electrons. The zero-order valence-corrected chi connectivity index (χ0v) is 26.5. The molecule has 34 heavy (non-hydrogen) atoms. The second kappa shape index (κ2) is 11.2. The molecule has 5 nitrogen and oxygen atoms in total. The van der Waals surface area contributed by atoms with Gasteiger partial charge in [0.2, 0.25) is 0 Å². The van der Waals surface area contributed by atoms with Gasteiger partial charge >= 0.3 is 0 Å². The second-order valence-corrected chi connectivity index (χ2v) is 23.5. The summed E-state index contributed by atoms with van der Waals surface area (Å²) in [6.07, 6.45) is 1.17. The summed E-state index contributed by atoms with van der Waals surface area (Å²) in [6, 6.07) is 0. The average Bonchev–Trinajstić information content (AvgIpc) is 3.39. The minimum atomic E-state index is -2.00. The summed E-state index contributed by atoms with van der Waals surface area (Å²) >= 11 is 0. The van der Waals surface area contributed by atoms with Crippen molar-refractivity contribution in [3.63, 3.8) is 0 Å². The summed E-state index contributed by atoms with van der Waals surface area (Å²) in [4.78, 5) is 0. The predicted molar refractivity (Wildman–Crippen MR) is 148 cm³/mol. The van der Waals surface area contributed by atoms with Gasteiger partial charge in [0.05, 0.1) is 17.8 Å². The van der Waals surface area contributed by atoms with Crippen molar-refractivity contribution in [3.05, 3.63) is 12.7 Å². The van der Waals surface area contributed by atoms with Gasteiger partial charge < -0.3 is 23.8 Å². The van der Waals surface area contributed by atoms with Gasteiger partial charge in [-0.2, -0.15) is 0 Å². The highest BCUT2D eigenvalue weighted by Gasteiger charge is 2.60. The smallest absolute Gasteiger partial charge is 0.192 e. The summed E-state index contributed by atoms with van der Waals surface area (Å²) < 4.78 is 19.3. The van der Waals surface area contributed by atoms with E-state index in [2.05, 4.69) is 88.2 Å². The van der Waals surface area contributed by atoms with Crippen LogP contribution < -0.4 is 0 Å². The molecule has 1 fully saturated rings. The molecule has 7 atom stereocenters. The fourth-order valence-electron chi connectivity index (χ4n) is 4.01. The first kappa shape index (κ1) is 32.0. The van der Waals surface area contributed by atoms with Crippen molar-refractivity contribution in [1.29, 1.82) is 0 Å². The van der Waals surface area contributed by atoms with E-state index in [-0.39, 0.29) is 46.5 Å². The quantitative estimate of drug-likeness (QED) is 0.172. The van der Waals surface area contributed by atoms with Gasteiger partial charge in [0, 0.05) is 37.6 Å². The maximum Gasteiger partial charge on any atom is 0.192 e. The van der Waals surface area contributed by atoms with Crippen molar-refractivity contribution >= 4 is 16.6 Å². The topological polar surface area (TPSA) is 71.5 Å². The fraction of sp³-hybridized carbons (Fsp3) is 0.926. The van der Waals surface area contributed by atoms with E-state index in [0.717, 1.165) is 0 Å². The van der Waals surface area contributed by atoms with Crippen molar-refractivity contribution < 1.29 is 23.8 Å². The van der Waals surface area contributed by atoms with E-state index in [1.165, 1.54) is 0 Å². The number of hydrogen-bond donors (Lipinski definition) is 2. The van der Waals surface area contributed by atoms with Crippen LogP contribution >= 0.6 is 0 Å². The Morgan fingerprint density at radius 2 is 1.41 bits per heavy atom. The van der Waals surface area contributed by atoms with Crippen LogP contribution in [0.25, 0.3) is 0 Å². The van der Waals surface area contributed by atoms with E-state index < -0.39 is 28.3 Å². The summed E-state index contributed by atoms with van der Waals surface area (Å²) in [7, 11) is -3.96. The number of aliphatic hydroxyl groups excluding tert-OH is 2. The van der Waals surface area contributed by atoms with E-state index in [9.17, 15) is 10.2 Å². The van der Waals surface area contributed by atoms with Gasteiger partial charge in [-0.1, -0.05) is 61.5 Å². The second-order valence-electron chi connectivity index (χ2n) is 13.9. The Bertz CT molecular complexity index is 667. The maximum absolute atomic E-state index is 11.7. The third-order valence-electron chi connectivity index (χ3n) is 9.31. The largest absolute Gasteiger partial charge is 0.416 e. The molecule has 1 heterocycles. The molecule has 0 unspecified atom stereocenters. The third-order valence-corrected chi connectivity index (χ3v) is 18.3. The highest BCUT2D eigenvalue weighted by atomic mass is 28.4. The summed E-state index contributed by atoms with van der Waals surface area (Å²) in [5.74, 6) is -0.230. The van der Waals surface area contributed by atoms with Gasteiger partial charge in [-0.25, -0.2) is 0 Å². The zero-order valence-electron chi connectivity index (χ0n) is 24.5. The highest BCUT2D eigenvalue weighted by molar-refractivity contribution is 6.74. The SMILES string of the molecule is C=C[C@@H](CO[Si](C)(C)C(C)(C)C)[C@@H](O)[C@H](CO[Si](C)(C)C(C)(C)C)[C@H](C)[C@]1(C)O[C@@H]1[C@@H](C)CO. The number of hydrogen-bond acceptors (Lipinski definition) is 5. The number of ether oxygens (including phenoxy) is 1. The lowest BCUT2D eigenvalue weighted by Gasteiger charge is -2.41. The zero-order chi connectivity index (χ0) is 26.9. The van der Waals surface area contributed by atoms with Crippen LogP contribution in [0, 0.1) is 23.7 Å². The Hall–Kier alpha value is -0.0262. The summed E-state index contributed by atoms with van der Waals surface area (Å²) in [5.41, 5.74) is -0.392. The van der Waals surface area contributed by atoms with E-state index in [4.69, 9.17) is 13.6 Å². The van der Waals surface area contributed by atoms with Crippen LogP contribution in [0.5, 0.6) is 0 Å². The van der Waals surface area contributed by atoms with Crippen LogP contribution in [-0.2, 0) is 13.6 Å². The average molecular weight is 517 g/mol. The summed E-state index contributed by atoms with van der Waals surface area (Å²) in [5, 5.41) is 21.6. The van der Waals surface area contributed by atoms with Crippen molar-refractivity contribution in [2.75, 3.05) is 19.8 Å². The maximum atomic E-state index is 11.7. The van der Waals surface area contributed by atoms with Crippen LogP contribution in [0.15, 0.2) is 12.7 Å². The molecule has 0 aliphatic carbocycles. The number of epoxide rings is 1. The molecule has 0 aromatic rings. The molecular weight excluding hydrogens is 460 g/mol. The van der Waals surface area contributed by atoms with Crippen molar-refractivity contribution in [1.82, 2.24) is 0 Å². The van der Waals surface area contributed by atoms with Gasteiger partial charge in [0.1, 0.15) is 0 Å². The molecule has 7 heteroatoms. The highest BCUT2D eigenvalue weighted by Crippen LogP contribution is 2.50. The van der Waals surface area contributed by atoms with Crippen LogP contribution in [0.4, 0.5) is 0 Å². The lowest BCUT2D eigenvalue weighted by molar-refractivity contribution is -0.0161. The Labute approximate surface area is 212 Å². The van der Waals surface area contributed by atoms with Gasteiger partial charge in [0.15, 0.2) is 16.6 Å².